The highest BCUT2D eigenvalue weighted by atomic mass is 31.1. The molecule has 0 aromatic rings. The fourth-order valence-electron chi connectivity index (χ4n) is 0.567. The maximum absolute atomic E-state index is 10.8. The van der Waals surface area contributed by atoms with Crippen LogP contribution < -0.4 is 0 Å². The summed E-state index contributed by atoms with van der Waals surface area (Å²) in [7, 11) is -1.25. The Morgan fingerprint density at radius 1 is 1.45 bits per heavy atom. The van der Waals surface area contributed by atoms with Crippen molar-refractivity contribution in [1.29, 1.82) is 0 Å². The number of rotatable bonds is 5. The van der Waals surface area contributed by atoms with E-state index in [-0.39, 0.29) is 0 Å². The minimum Gasteiger partial charge on any atom is -0.464 e. The second-order valence-electron chi connectivity index (χ2n) is 1.76. The lowest BCUT2D eigenvalue weighted by Crippen LogP contribution is -2.20. The minimum atomic E-state index is -1.25. The average Bonchev–Trinajstić information content (AvgIpc) is 2.00. The topological polar surface area (TPSA) is 52.6 Å². The highest BCUT2D eigenvalue weighted by Gasteiger charge is 2.17. The van der Waals surface area contributed by atoms with E-state index in [1.54, 1.807) is 13.8 Å². The van der Waals surface area contributed by atoms with Gasteiger partial charge in [0.25, 0.3) is 0 Å². The zero-order valence-electron chi connectivity index (χ0n) is 6.70. The Balaban J connectivity index is 3.81. The lowest BCUT2D eigenvalue weighted by atomic mass is 10.7. The first-order valence-corrected chi connectivity index (χ1v) is 4.63. The van der Waals surface area contributed by atoms with Crippen LogP contribution in [0.3, 0.4) is 0 Å². The van der Waals surface area contributed by atoms with E-state index in [4.69, 9.17) is 4.74 Å². The van der Waals surface area contributed by atoms with Crippen LogP contribution in [0.1, 0.15) is 13.8 Å². The van der Waals surface area contributed by atoms with Crippen LogP contribution in [0.2, 0.25) is 0 Å². The molecule has 0 rings (SSSR count). The molecule has 0 aromatic carbocycles. The molecule has 0 spiro atoms. The van der Waals surface area contributed by atoms with Gasteiger partial charge in [0, 0.05) is 6.61 Å². The molecule has 0 aliphatic heterocycles. The number of esters is 1. The van der Waals surface area contributed by atoms with E-state index in [1.165, 1.54) is 0 Å². The summed E-state index contributed by atoms with van der Waals surface area (Å²) in [6, 6.07) is 0. The molecule has 0 saturated carbocycles. The summed E-state index contributed by atoms with van der Waals surface area (Å²) in [5.41, 5.74) is 0. The third kappa shape index (κ3) is 4.17. The van der Waals surface area contributed by atoms with Gasteiger partial charge in [0.1, 0.15) is 8.46 Å². The molecule has 5 heteroatoms. The smallest absolute Gasteiger partial charge is 0.342 e. The van der Waals surface area contributed by atoms with Crippen LogP contribution in [0, 0.1) is 0 Å². The molecule has 0 aliphatic rings. The molecule has 0 N–H and O–H groups in total. The Hall–Kier alpha value is -0.340. The molecule has 2 atom stereocenters. The second-order valence-corrected chi connectivity index (χ2v) is 2.64. The lowest BCUT2D eigenvalue weighted by Gasteiger charge is -2.08. The predicted octanol–water partition coefficient (Wildman–Crippen LogP) is 0.668. The fraction of sp³-hybridized carbons (Fsp3) is 0.833. The summed E-state index contributed by atoms with van der Waals surface area (Å²) in [4.78, 5) is 10.8. The monoisotopic (exact) mass is 180 g/mol. The van der Waals surface area contributed by atoms with E-state index >= 15 is 0 Å². The highest BCUT2D eigenvalue weighted by molar-refractivity contribution is 7.26. The first-order valence-electron chi connectivity index (χ1n) is 3.49. The molecular weight excluding hydrogens is 167 g/mol. The second kappa shape index (κ2) is 6.38. The van der Waals surface area contributed by atoms with Crippen molar-refractivity contribution in [3.05, 3.63) is 0 Å². The van der Waals surface area contributed by atoms with Crippen LogP contribution in [0.15, 0.2) is 0 Å². The Morgan fingerprint density at radius 2 is 2.09 bits per heavy atom. The molecule has 11 heavy (non-hydrogen) atoms. The molecule has 66 valence electrons. The van der Waals surface area contributed by atoms with E-state index in [0.717, 1.165) is 0 Å². The van der Waals surface area contributed by atoms with Gasteiger partial charge >= 0.3 is 5.97 Å². The van der Waals surface area contributed by atoms with Gasteiger partial charge in [-0.15, -0.1) is 0 Å². The highest BCUT2D eigenvalue weighted by Crippen LogP contribution is 2.09. The Morgan fingerprint density at radius 3 is 2.45 bits per heavy atom. The van der Waals surface area contributed by atoms with E-state index in [9.17, 15) is 9.36 Å². The maximum atomic E-state index is 10.8. The third-order valence-corrected chi connectivity index (χ3v) is 1.70. The van der Waals surface area contributed by atoms with E-state index < -0.39 is 20.3 Å². The number of hydrogen-bond acceptors (Lipinski definition) is 4. The van der Waals surface area contributed by atoms with E-state index in [2.05, 4.69) is 4.74 Å². The van der Waals surface area contributed by atoms with Crippen molar-refractivity contribution in [2.45, 2.75) is 19.7 Å². The minimum absolute atomic E-state index is 0.293. The van der Waals surface area contributed by atoms with Crippen molar-refractivity contribution in [2.75, 3.05) is 13.2 Å². The summed E-state index contributed by atoms with van der Waals surface area (Å²) in [6.45, 7) is 4.10. The molecule has 0 aliphatic carbocycles. The quantitative estimate of drug-likeness (QED) is 0.461. The summed E-state index contributed by atoms with van der Waals surface area (Å²) in [5.74, 6) is -1.38. The van der Waals surface area contributed by atoms with Gasteiger partial charge in [0.05, 0.1) is 6.61 Å². The number of carbonyl (C=O) groups is 1. The third-order valence-electron chi connectivity index (χ3n) is 0.989. The largest absolute Gasteiger partial charge is 0.464 e. The van der Waals surface area contributed by atoms with Crippen LogP contribution in [0.4, 0.5) is 0 Å². The van der Waals surface area contributed by atoms with Crippen LogP contribution >= 0.6 is 8.46 Å². The van der Waals surface area contributed by atoms with E-state index in [0.29, 0.717) is 13.2 Å². The van der Waals surface area contributed by atoms with Gasteiger partial charge < -0.3 is 14.0 Å². The lowest BCUT2D eigenvalue weighted by molar-refractivity contribution is -0.150. The first kappa shape index (κ1) is 10.7. The molecule has 2 unspecified atom stereocenters. The summed E-state index contributed by atoms with van der Waals surface area (Å²) in [5, 5.41) is 0. The van der Waals surface area contributed by atoms with Gasteiger partial charge in [-0.25, -0.2) is 4.79 Å². The van der Waals surface area contributed by atoms with Gasteiger partial charge in [-0.05, 0) is 13.8 Å². The average molecular weight is 180 g/mol. The molecule has 0 bridgehead atoms. The van der Waals surface area contributed by atoms with Crippen LogP contribution in [0.25, 0.3) is 0 Å². The maximum Gasteiger partial charge on any atom is 0.342 e. The summed E-state index contributed by atoms with van der Waals surface area (Å²) >= 11 is 0. The zero-order chi connectivity index (χ0) is 8.69. The van der Waals surface area contributed by atoms with Crippen molar-refractivity contribution in [3.63, 3.8) is 0 Å². The van der Waals surface area contributed by atoms with Crippen molar-refractivity contribution in [2.24, 2.45) is 0 Å². The van der Waals surface area contributed by atoms with Gasteiger partial charge in [-0.1, -0.05) is 0 Å². The normalized spacial score (nSPS) is 13.6. The Kier molecular flexibility index (Phi) is 6.18. The van der Waals surface area contributed by atoms with Gasteiger partial charge in [0.15, 0.2) is 0 Å². The summed E-state index contributed by atoms with van der Waals surface area (Å²) in [6.07, 6.45) is 0. The number of hydrogen-bond donors (Lipinski definition) is 0. The van der Waals surface area contributed by atoms with Crippen LogP contribution in [-0.2, 0) is 18.8 Å². The van der Waals surface area contributed by atoms with Crippen LogP contribution in [0.5, 0.6) is 0 Å². The van der Waals surface area contributed by atoms with Gasteiger partial charge in [0.2, 0.25) is 5.85 Å². The molecule has 0 fully saturated rings. The number of ether oxygens (including phenoxy) is 2. The zero-order valence-corrected chi connectivity index (χ0v) is 7.86. The molecule has 0 radical (unpaired) electrons. The first-order chi connectivity index (χ1) is 5.26. The van der Waals surface area contributed by atoms with Gasteiger partial charge in [-0.3, -0.25) is 0 Å². The Labute approximate surface area is 67.1 Å². The predicted molar refractivity (Wildman–Crippen MR) is 42.4 cm³/mol. The standard InChI is InChI=1S/C6H13O4P/c1-3-9-5(7)6(11-8)10-4-2/h6H,3-4,11H2,1-2H3. The van der Waals surface area contributed by atoms with Crippen molar-refractivity contribution in [1.82, 2.24) is 0 Å². The Bertz CT molecular complexity index is 137. The molecular formula is C6H13O4P. The molecule has 0 saturated heterocycles. The SMILES string of the molecule is CCOC(=O)C(OCC)[PH2]=O. The summed E-state index contributed by atoms with van der Waals surface area (Å²) < 4.78 is 19.9. The number of carbonyl (C=O) groups excluding carboxylic acids is 1. The molecule has 0 aromatic heterocycles. The van der Waals surface area contributed by atoms with Crippen LogP contribution in [-0.4, -0.2) is 25.0 Å². The molecule has 4 nitrogen and oxygen atoms in total. The fourth-order valence-corrected chi connectivity index (χ4v) is 1.05. The van der Waals surface area contributed by atoms with Crippen molar-refractivity contribution < 1.29 is 18.8 Å². The van der Waals surface area contributed by atoms with Gasteiger partial charge in [-0.2, -0.15) is 0 Å². The molecule has 0 amide bonds. The molecule has 0 heterocycles. The van der Waals surface area contributed by atoms with Crippen molar-refractivity contribution >= 4 is 14.4 Å². The van der Waals surface area contributed by atoms with Crippen molar-refractivity contribution in [3.8, 4) is 0 Å². The van der Waals surface area contributed by atoms with E-state index in [1.807, 2.05) is 0 Å².